The Balaban J connectivity index is 1.97. The van der Waals surface area contributed by atoms with Crippen LogP contribution in [0.2, 0.25) is 0 Å². The van der Waals surface area contributed by atoms with Gasteiger partial charge in [-0.15, -0.1) is 11.3 Å². The quantitative estimate of drug-likeness (QED) is 0.819. The summed E-state index contributed by atoms with van der Waals surface area (Å²) >= 11 is 4.94. The fourth-order valence-corrected chi connectivity index (χ4v) is 3.23. The number of thiazole rings is 1. The zero-order valence-corrected chi connectivity index (χ0v) is 14.2. The van der Waals surface area contributed by atoms with E-state index < -0.39 is 6.04 Å². The molecule has 1 unspecified atom stereocenters. The van der Waals surface area contributed by atoms with Crippen LogP contribution in [0.5, 0.6) is 0 Å². The normalized spacial score (nSPS) is 12.1. The van der Waals surface area contributed by atoms with Crippen LogP contribution in [-0.2, 0) is 11.2 Å². The van der Waals surface area contributed by atoms with Crippen LogP contribution >= 0.6 is 27.3 Å². The van der Waals surface area contributed by atoms with Crippen molar-refractivity contribution >= 4 is 38.3 Å². The van der Waals surface area contributed by atoms with E-state index in [-0.39, 0.29) is 5.91 Å². The summed E-state index contributed by atoms with van der Waals surface area (Å²) in [4.78, 5) is 17.2. The molecule has 21 heavy (non-hydrogen) atoms. The van der Waals surface area contributed by atoms with Crippen molar-refractivity contribution in [3.63, 3.8) is 0 Å². The fraction of sp³-hybridized carbons (Fsp3) is 0.333. The Morgan fingerprint density at radius 3 is 3.05 bits per heavy atom. The Hall–Kier alpha value is -1.24. The highest BCUT2D eigenvalue weighted by Gasteiger charge is 2.14. The first-order valence-corrected chi connectivity index (χ1v) is 8.45. The maximum absolute atomic E-state index is 11.8. The van der Waals surface area contributed by atoms with Gasteiger partial charge in [-0.3, -0.25) is 4.79 Å². The lowest BCUT2D eigenvalue weighted by atomic mass is 10.1. The molecule has 0 radical (unpaired) electrons. The Kier molecular flexibility index (Phi) is 5.90. The summed E-state index contributed by atoms with van der Waals surface area (Å²) < 4.78 is 1.06. The van der Waals surface area contributed by atoms with Gasteiger partial charge in [0.25, 0.3) is 0 Å². The van der Waals surface area contributed by atoms with E-state index in [4.69, 9.17) is 5.73 Å². The lowest BCUT2D eigenvalue weighted by Crippen LogP contribution is -2.35. The SMILES string of the molecule is CCCC(N)C(=O)Nc1ncc(Cc2cccc(Br)c2)s1. The average molecular weight is 368 g/mol. The van der Waals surface area contributed by atoms with Crippen molar-refractivity contribution in [2.75, 3.05) is 5.32 Å². The summed E-state index contributed by atoms with van der Waals surface area (Å²) in [7, 11) is 0. The second-order valence-corrected chi connectivity index (χ2v) is 6.85. The van der Waals surface area contributed by atoms with E-state index in [1.807, 2.05) is 19.1 Å². The number of benzene rings is 1. The van der Waals surface area contributed by atoms with Crippen molar-refractivity contribution in [2.24, 2.45) is 5.73 Å². The first kappa shape index (κ1) is 16.1. The predicted octanol–water partition coefficient (Wildman–Crippen LogP) is 3.56. The number of carbonyl (C=O) groups is 1. The topological polar surface area (TPSA) is 68.0 Å². The summed E-state index contributed by atoms with van der Waals surface area (Å²) in [5.74, 6) is -0.166. The number of nitrogens with one attached hydrogen (secondary N) is 1. The average Bonchev–Trinajstić information content (AvgIpc) is 2.86. The van der Waals surface area contributed by atoms with Crippen LogP contribution in [0.1, 0.15) is 30.2 Å². The number of nitrogens with two attached hydrogens (primary N) is 1. The van der Waals surface area contributed by atoms with E-state index >= 15 is 0 Å². The van der Waals surface area contributed by atoms with Gasteiger partial charge in [-0.05, 0) is 24.1 Å². The van der Waals surface area contributed by atoms with E-state index in [1.165, 1.54) is 16.9 Å². The molecule has 112 valence electrons. The van der Waals surface area contributed by atoms with Crippen LogP contribution in [0.4, 0.5) is 5.13 Å². The second kappa shape index (κ2) is 7.68. The van der Waals surface area contributed by atoms with Crippen LogP contribution in [0.15, 0.2) is 34.9 Å². The van der Waals surface area contributed by atoms with Crippen LogP contribution in [-0.4, -0.2) is 16.9 Å². The molecule has 0 fully saturated rings. The number of hydrogen-bond donors (Lipinski definition) is 2. The van der Waals surface area contributed by atoms with Gasteiger partial charge in [0.1, 0.15) is 0 Å². The number of amides is 1. The highest BCUT2D eigenvalue weighted by atomic mass is 79.9. The molecule has 3 N–H and O–H groups in total. The molecular weight excluding hydrogens is 350 g/mol. The monoisotopic (exact) mass is 367 g/mol. The molecule has 4 nitrogen and oxygen atoms in total. The third-order valence-electron chi connectivity index (χ3n) is 2.99. The summed E-state index contributed by atoms with van der Waals surface area (Å²) in [6, 6.07) is 7.69. The van der Waals surface area contributed by atoms with Gasteiger partial charge in [-0.2, -0.15) is 0 Å². The Bertz CT molecular complexity index is 614. The van der Waals surface area contributed by atoms with Gasteiger partial charge in [0.2, 0.25) is 5.91 Å². The highest BCUT2D eigenvalue weighted by Crippen LogP contribution is 2.22. The highest BCUT2D eigenvalue weighted by molar-refractivity contribution is 9.10. The first-order chi connectivity index (χ1) is 10.1. The molecule has 0 saturated carbocycles. The van der Waals surface area contributed by atoms with Crippen molar-refractivity contribution in [1.29, 1.82) is 0 Å². The summed E-state index contributed by atoms with van der Waals surface area (Å²) in [5.41, 5.74) is 6.98. The molecule has 2 aromatic rings. The minimum Gasteiger partial charge on any atom is -0.320 e. The number of anilines is 1. The molecule has 0 aliphatic carbocycles. The van der Waals surface area contributed by atoms with E-state index in [9.17, 15) is 4.79 Å². The third kappa shape index (κ3) is 4.91. The maximum Gasteiger partial charge on any atom is 0.243 e. The standard InChI is InChI=1S/C15H18BrN3OS/c1-2-4-13(17)14(20)19-15-18-9-12(21-15)8-10-5-3-6-11(16)7-10/h3,5-7,9,13H,2,4,8,17H2,1H3,(H,18,19,20). The van der Waals surface area contributed by atoms with Crippen molar-refractivity contribution in [3.05, 3.63) is 45.4 Å². The Morgan fingerprint density at radius 1 is 1.52 bits per heavy atom. The number of nitrogens with zero attached hydrogens (tertiary/aromatic N) is 1. The Labute approximate surface area is 136 Å². The molecule has 0 saturated heterocycles. The van der Waals surface area contributed by atoms with E-state index in [2.05, 4.69) is 38.4 Å². The largest absolute Gasteiger partial charge is 0.320 e. The van der Waals surface area contributed by atoms with Gasteiger partial charge in [-0.25, -0.2) is 4.98 Å². The number of carbonyl (C=O) groups excluding carboxylic acids is 1. The van der Waals surface area contributed by atoms with E-state index in [0.29, 0.717) is 11.6 Å². The zero-order valence-electron chi connectivity index (χ0n) is 11.8. The second-order valence-electron chi connectivity index (χ2n) is 4.82. The minimum atomic E-state index is -0.465. The van der Waals surface area contributed by atoms with Gasteiger partial charge >= 0.3 is 0 Å². The minimum absolute atomic E-state index is 0.166. The molecule has 1 atom stereocenters. The molecular formula is C15H18BrN3OS. The fourth-order valence-electron chi connectivity index (χ4n) is 1.94. The van der Waals surface area contributed by atoms with Crippen LogP contribution in [0, 0.1) is 0 Å². The molecule has 0 aliphatic rings. The van der Waals surface area contributed by atoms with Gasteiger partial charge in [0.05, 0.1) is 6.04 Å². The summed E-state index contributed by atoms with van der Waals surface area (Å²) in [6.07, 6.45) is 4.17. The molecule has 6 heteroatoms. The van der Waals surface area contributed by atoms with Crippen molar-refractivity contribution < 1.29 is 4.79 Å². The van der Waals surface area contributed by atoms with E-state index in [0.717, 1.165) is 22.2 Å². The van der Waals surface area contributed by atoms with Crippen molar-refractivity contribution in [2.45, 2.75) is 32.2 Å². The summed E-state index contributed by atoms with van der Waals surface area (Å²) in [6.45, 7) is 2.01. The molecule has 2 rings (SSSR count). The number of aromatic nitrogens is 1. The lowest BCUT2D eigenvalue weighted by Gasteiger charge is -2.08. The zero-order chi connectivity index (χ0) is 15.2. The van der Waals surface area contributed by atoms with Crippen LogP contribution in [0.25, 0.3) is 0 Å². The van der Waals surface area contributed by atoms with Crippen molar-refractivity contribution in [3.8, 4) is 0 Å². The molecule has 0 spiro atoms. The molecule has 1 amide bonds. The predicted molar refractivity (Wildman–Crippen MR) is 90.6 cm³/mol. The Morgan fingerprint density at radius 2 is 2.33 bits per heavy atom. The smallest absolute Gasteiger partial charge is 0.243 e. The van der Waals surface area contributed by atoms with Gasteiger partial charge < -0.3 is 11.1 Å². The molecule has 1 heterocycles. The lowest BCUT2D eigenvalue weighted by molar-refractivity contribution is -0.117. The van der Waals surface area contributed by atoms with Gasteiger partial charge in [0.15, 0.2) is 5.13 Å². The molecule has 0 bridgehead atoms. The maximum atomic E-state index is 11.8. The number of hydrogen-bond acceptors (Lipinski definition) is 4. The van der Waals surface area contributed by atoms with Gasteiger partial charge in [-0.1, -0.05) is 41.4 Å². The number of halogens is 1. The third-order valence-corrected chi connectivity index (χ3v) is 4.39. The van der Waals surface area contributed by atoms with Gasteiger partial charge in [0, 0.05) is 22.0 Å². The molecule has 1 aromatic heterocycles. The van der Waals surface area contributed by atoms with Crippen LogP contribution < -0.4 is 11.1 Å². The number of rotatable bonds is 6. The van der Waals surface area contributed by atoms with Crippen molar-refractivity contribution in [1.82, 2.24) is 4.98 Å². The van der Waals surface area contributed by atoms with E-state index in [1.54, 1.807) is 6.20 Å². The summed E-state index contributed by atoms with van der Waals surface area (Å²) in [5, 5.41) is 3.39. The van der Waals surface area contributed by atoms with Crippen LogP contribution in [0.3, 0.4) is 0 Å². The molecule has 1 aromatic carbocycles. The first-order valence-electron chi connectivity index (χ1n) is 6.84. The molecule has 0 aliphatic heterocycles.